The van der Waals surface area contributed by atoms with Crippen LogP contribution in [0.2, 0.25) is 0 Å². The second-order valence-electron chi connectivity index (χ2n) is 7.33. The van der Waals surface area contributed by atoms with E-state index in [4.69, 9.17) is 0 Å². The number of nitrogens with zero attached hydrogens (tertiary/aromatic N) is 4. The van der Waals surface area contributed by atoms with Crippen molar-refractivity contribution in [3.05, 3.63) is 51.8 Å². The first-order chi connectivity index (χ1) is 13.7. The quantitative estimate of drug-likeness (QED) is 0.558. The van der Waals surface area contributed by atoms with Crippen molar-refractivity contribution in [3.8, 4) is 0 Å². The van der Waals surface area contributed by atoms with E-state index in [9.17, 15) is 23.3 Å². The molecule has 1 amide bonds. The van der Waals surface area contributed by atoms with Crippen LogP contribution in [0.25, 0.3) is 0 Å². The molecule has 0 radical (unpaired) electrons. The molecule has 1 aliphatic rings. The van der Waals surface area contributed by atoms with Gasteiger partial charge in [0, 0.05) is 44.0 Å². The normalized spacial score (nSPS) is 15.6. The number of benzene rings is 1. The van der Waals surface area contributed by atoms with E-state index in [1.807, 2.05) is 0 Å². The Hall–Kier alpha value is -2.79. The SMILES string of the molecule is CC(C)Cc1cc(C(=O)N2CCN(S(=O)(=O)c3cccc([N+](=O)[O-])c3)CC2)n[nH]1. The fourth-order valence-corrected chi connectivity index (χ4v) is 4.68. The van der Waals surface area contributed by atoms with Crippen LogP contribution in [0.4, 0.5) is 5.69 Å². The standard InChI is InChI=1S/C18H23N5O5S/c1-13(2)10-14-11-17(20-19-14)18(24)21-6-8-22(9-7-21)29(27,28)16-5-3-4-15(12-16)23(25)26/h3-5,11-13H,6-10H2,1-2H3,(H,19,20). The third-order valence-electron chi connectivity index (χ3n) is 4.67. The first kappa shape index (κ1) is 20.9. The number of carbonyl (C=O) groups is 1. The minimum absolute atomic E-state index is 0.111. The number of nitro groups is 1. The van der Waals surface area contributed by atoms with Gasteiger partial charge in [-0.05, 0) is 24.5 Å². The van der Waals surface area contributed by atoms with Crippen molar-refractivity contribution in [1.29, 1.82) is 0 Å². The maximum absolute atomic E-state index is 12.8. The van der Waals surface area contributed by atoms with Crippen molar-refractivity contribution in [1.82, 2.24) is 19.4 Å². The molecule has 3 rings (SSSR count). The molecule has 11 heteroatoms. The predicted octanol–water partition coefficient (Wildman–Crippen LogP) is 1.66. The summed E-state index contributed by atoms with van der Waals surface area (Å²) in [5.41, 5.74) is 0.918. The summed E-state index contributed by atoms with van der Waals surface area (Å²) < 4.78 is 26.8. The second kappa shape index (κ2) is 8.29. The monoisotopic (exact) mass is 421 g/mol. The van der Waals surface area contributed by atoms with Gasteiger partial charge in [0.1, 0.15) is 5.69 Å². The third kappa shape index (κ3) is 4.62. The van der Waals surface area contributed by atoms with E-state index >= 15 is 0 Å². The second-order valence-corrected chi connectivity index (χ2v) is 9.27. The molecule has 0 saturated carbocycles. The smallest absolute Gasteiger partial charge is 0.274 e. The number of piperazine rings is 1. The van der Waals surface area contributed by atoms with E-state index in [-0.39, 0.29) is 42.7 Å². The highest BCUT2D eigenvalue weighted by atomic mass is 32.2. The van der Waals surface area contributed by atoms with Crippen molar-refractivity contribution in [2.24, 2.45) is 5.92 Å². The van der Waals surface area contributed by atoms with Gasteiger partial charge in [-0.15, -0.1) is 0 Å². The largest absolute Gasteiger partial charge is 0.335 e. The molecule has 0 bridgehead atoms. The molecule has 10 nitrogen and oxygen atoms in total. The van der Waals surface area contributed by atoms with Crippen LogP contribution in [0, 0.1) is 16.0 Å². The number of carbonyl (C=O) groups excluding carboxylic acids is 1. The average molecular weight is 421 g/mol. The molecule has 2 heterocycles. The van der Waals surface area contributed by atoms with Gasteiger partial charge >= 0.3 is 0 Å². The van der Waals surface area contributed by atoms with Gasteiger partial charge in [-0.2, -0.15) is 9.40 Å². The van der Waals surface area contributed by atoms with Crippen LogP contribution >= 0.6 is 0 Å². The molecule has 1 N–H and O–H groups in total. The molecule has 1 saturated heterocycles. The topological polar surface area (TPSA) is 130 Å². The number of hydrogen-bond acceptors (Lipinski definition) is 6. The fraction of sp³-hybridized carbons (Fsp3) is 0.444. The molecule has 0 aliphatic carbocycles. The molecule has 1 fully saturated rings. The van der Waals surface area contributed by atoms with Gasteiger partial charge in [0.15, 0.2) is 0 Å². The molecule has 1 aliphatic heterocycles. The molecule has 0 atom stereocenters. The van der Waals surface area contributed by atoms with Crippen LogP contribution in [0.15, 0.2) is 35.2 Å². The van der Waals surface area contributed by atoms with Crippen molar-refractivity contribution < 1.29 is 18.1 Å². The van der Waals surface area contributed by atoms with E-state index in [0.29, 0.717) is 11.6 Å². The predicted molar refractivity (Wildman–Crippen MR) is 105 cm³/mol. The van der Waals surface area contributed by atoms with Crippen LogP contribution in [0.5, 0.6) is 0 Å². The molecule has 0 spiro atoms. The van der Waals surface area contributed by atoms with Crippen molar-refractivity contribution in [2.45, 2.75) is 25.2 Å². The van der Waals surface area contributed by atoms with Crippen LogP contribution in [-0.4, -0.2) is 64.8 Å². The van der Waals surface area contributed by atoms with Crippen molar-refractivity contribution >= 4 is 21.6 Å². The first-order valence-electron chi connectivity index (χ1n) is 9.26. The summed E-state index contributed by atoms with van der Waals surface area (Å²) in [7, 11) is -3.87. The Morgan fingerprint density at radius 3 is 2.55 bits per heavy atom. The number of aromatic amines is 1. The number of rotatable bonds is 6. The molecule has 1 aromatic carbocycles. The van der Waals surface area contributed by atoms with Gasteiger partial charge < -0.3 is 4.90 Å². The lowest BCUT2D eigenvalue weighted by molar-refractivity contribution is -0.385. The number of amides is 1. The maximum atomic E-state index is 12.8. The molecule has 2 aromatic rings. The van der Waals surface area contributed by atoms with E-state index in [0.717, 1.165) is 18.2 Å². The van der Waals surface area contributed by atoms with E-state index in [2.05, 4.69) is 24.0 Å². The van der Waals surface area contributed by atoms with Crippen molar-refractivity contribution in [3.63, 3.8) is 0 Å². The zero-order valence-electron chi connectivity index (χ0n) is 16.2. The van der Waals surface area contributed by atoms with E-state index in [1.54, 1.807) is 11.0 Å². The number of hydrogen-bond donors (Lipinski definition) is 1. The van der Waals surface area contributed by atoms with Crippen molar-refractivity contribution in [2.75, 3.05) is 26.2 Å². The minimum atomic E-state index is -3.87. The molecular formula is C18H23N5O5S. The number of aromatic nitrogens is 2. The summed E-state index contributed by atoms with van der Waals surface area (Å²) in [5, 5.41) is 17.9. The fourth-order valence-electron chi connectivity index (χ4n) is 3.22. The zero-order chi connectivity index (χ0) is 21.2. The van der Waals surface area contributed by atoms with Gasteiger partial charge in [0.05, 0.1) is 9.82 Å². The molecular weight excluding hydrogens is 398 g/mol. The molecule has 29 heavy (non-hydrogen) atoms. The average Bonchev–Trinajstić information content (AvgIpc) is 3.15. The highest BCUT2D eigenvalue weighted by molar-refractivity contribution is 7.89. The molecule has 1 aromatic heterocycles. The molecule has 0 unspecified atom stereocenters. The highest BCUT2D eigenvalue weighted by Crippen LogP contribution is 2.22. The van der Waals surface area contributed by atoms with Gasteiger partial charge in [0.2, 0.25) is 10.0 Å². The summed E-state index contributed by atoms with van der Waals surface area (Å²) >= 11 is 0. The number of nitro benzene ring substituents is 1. The minimum Gasteiger partial charge on any atom is -0.335 e. The van der Waals surface area contributed by atoms with Gasteiger partial charge in [-0.25, -0.2) is 8.42 Å². The Morgan fingerprint density at radius 2 is 1.93 bits per heavy atom. The number of H-pyrrole nitrogens is 1. The summed E-state index contributed by atoms with van der Waals surface area (Å²) in [5.74, 6) is 0.185. The lowest BCUT2D eigenvalue weighted by Crippen LogP contribution is -2.50. The lowest BCUT2D eigenvalue weighted by atomic mass is 10.1. The Bertz CT molecular complexity index is 1010. The van der Waals surface area contributed by atoms with E-state index in [1.165, 1.54) is 22.5 Å². The van der Waals surface area contributed by atoms with Crippen LogP contribution in [0.1, 0.15) is 30.0 Å². The van der Waals surface area contributed by atoms with E-state index < -0.39 is 14.9 Å². The highest BCUT2D eigenvalue weighted by Gasteiger charge is 2.31. The summed E-state index contributed by atoms with van der Waals surface area (Å²) in [6.45, 7) is 4.81. The number of nitrogens with one attached hydrogen (secondary N) is 1. The van der Waals surface area contributed by atoms with Crippen LogP contribution < -0.4 is 0 Å². The zero-order valence-corrected chi connectivity index (χ0v) is 17.1. The number of non-ortho nitro benzene ring substituents is 1. The lowest BCUT2D eigenvalue weighted by Gasteiger charge is -2.33. The summed E-state index contributed by atoms with van der Waals surface area (Å²) in [6.07, 6.45) is 0.787. The summed E-state index contributed by atoms with van der Waals surface area (Å²) in [4.78, 5) is 24.4. The first-order valence-corrected chi connectivity index (χ1v) is 10.7. The number of sulfonamides is 1. The third-order valence-corrected chi connectivity index (χ3v) is 6.56. The Balaban J connectivity index is 1.66. The van der Waals surface area contributed by atoms with Gasteiger partial charge in [0.25, 0.3) is 11.6 Å². The maximum Gasteiger partial charge on any atom is 0.274 e. The Morgan fingerprint density at radius 1 is 1.24 bits per heavy atom. The van der Waals surface area contributed by atoms with Gasteiger partial charge in [-0.1, -0.05) is 19.9 Å². The Labute approximate surface area is 168 Å². The van der Waals surface area contributed by atoms with Gasteiger partial charge in [-0.3, -0.25) is 20.0 Å². The van der Waals surface area contributed by atoms with Crippen LogP contribution in [0.3, 0.4) is 0 Å². The Kier molecular flexibility index (Phi) is 5.99. The summed E-state index contributed by atoms with van der Waals surface area (Å²) in [6, 6.07) is 6.70. The van der Waals surface area contributed by atoms with Crippen LogP contribution in [-0.2, 0) is 16.4 Å². The molecule has 156 valence electrons.